The molecule has 0 radical (unpaired) electrons. The lowest BCUT2D eigenvalue weighted by atomic mass is 9.82. The van der Waals surface area contributed by atoms with Gasteiger partial charge in [-0.05, 0) is 30.2 Å². The third-order valence-corrected chi connectivity index (χ3v) is 3.13. The normalized spacial score (nSPS) is 15.0. The zero-order chi connectivity index (χ0) is 11.8. The summed E-state index contributed by atoms with van der Waals surface area (Å²) in [6, 6.07) is 4.11. The first-order valence-electron chi connectivity index (χ1n) is 5.65. The summed E-state index contributed by atoms with van der Waals surface area (Å²) in [6.45, 7) is 8.25. The predicted octanol–water partition coefficient (Wildman–Crippen LogP) is 2.00. The predicted molar refractivity (Wildman–Crippen MR) is 64.2 cm³/mol. The van der Waals surface area contributed by atoms with Crippen molar-refractivity contribution in [1.82, 2.24) is 0 Å². The first-order valence-corrected chi connectivity index (χ1v) is 5.65. The minimum atomic E-state index is -0.0279. The van der Waals surface area contributed by atoms with Gasteiger partial charge in [-0.3, -0.25) is 0 Å². The molecule has 3 nitrogen and oxygen atoms in total. The molecule has 1 aliphatic rings. The molecule has 3 heteroatoms. The van der Waals surface area contributed by atoms with Gasteiger partial charge in [-0.1, -0.05) is 13.8 Å². The SMILES string of the molecule is Cc1cc2c(cc1C(C)(C)CN)OCCO2. The monoisotopic (exact) mass is 221 g/mol. The van der Waals surface area contributed by atoms with Crippen LogP contribution in [0.1, 0.15) is 25.0 Å². The van der Waals surface area contributed by atoms with Gasteiger partial charge in [-0.15, -0.1) is 0 Å². The van der Waals surface area contributed by atoms with Crippen LogP contribution in [0.4, 0.5) is 0 Å². The second-order valence-corrected chi connectivity index (χ2v) is 4.90. The van der Waals surface area contributed by atoms with Gasteiger partial charge in [0, 0.05) is 12.0 Å². The molecule has 1 heterocycles. The Morgan fingerprint density at radius 1 is 1.19 bits per heavy atom. The fourth-order valence-corrected chi connectivity index (χ4v) is 2.03. The fourth-order valence-electron chi connectivity index (χ4n) is 2.03. The average molecular weight is 221 g/mol. The van der Waals surface area contributed by atoms with Crippen molar-refractivity contribution < 1.29 is 9.47 Å². The number of ether oxygens (including phenoxy) is 2. The van der Waals surface area contributed by atoms with Crippen LogP contribution in [0.3, 0.4) is 0 Å². The van der Waals surface area contributed by atoms with Gasteiger partial charge in [-0.2, -0.15) is 0 Å². The number of hydrogen-bond donors (Lipinski definition) is 1. The molecule has 1 aliphatic heterocycles. The lowest BCUT2D eigenvalue weighted by molar-refractivity contribution is 0.171. The molecule has 0 bridgehead atoms. The average Bonchev–Trinajstić information content (AvgIpc) is 2.28. The van der Waals surface area contributed by atoms with E-state index in [0.29, 0.717) is 19.8 Å². The van der Waals surface area contributed by atoms with Crippen LogP contribution in [0.2, 0.25) is 0 Å². The Morgan fingerprint density at radius 3 is 2.31 bits per heavy atom. The molecule has 1 aromatic carbocycles. The molecule has 88 valence electrons. The Labute approximate surface area is 96.5 Å². The Bertz CT molecular complexity index is 399. The molecule has 2 rings (SSSR count). The van der Waals surface area contributed by atoms with Crippen LogP contribution in [0, 0.1) is 6.92 Å². The molecule has 0 saturated carbocycles. The van der Waals surface area contributed by atoms with E-state index in [0.717, 1.165) is 11.5 Å². The summed E-state index contributed by atoms with van der Waals surface area (Å²) in [5, 5.41) is 0. The van der Waals surface area contributed by atoms with Crippen molar-refractivity contribution in [2.75, 3.05) is 19.8 Å². The number of nitrogens with two attached hydrogens (primary N) is 1. The van der Waals surface area contributed by atoms with Gasteiger partial charge in [0.1, 0.15) is 13.2 Å². The number of rotatable bonds is 2. The molecule has 0 aromatic heterocycles. The van der Waals surface area contributed by atoms with Crippen LogP contribution in [0.25, 0.3) is 0 Å². The molecule has 0 aliphatic carbocycles. The van der Waals surface area contributed by atoms with Crippen LogP contribution in [0.5, 0.6) is 11.5 Å². The van der Waals surface area contributed by atoms with Crippen LogP contribution < -0.4 is 15.2 Å². The van der Waals surface area contributed by atoms with Crippen LogP contribution in [0.15, 0.2) is 12.1 Å². The van der Waals surface area contributed by atoms with E-state index >= 15 is 0 Å². The summed E-state index contributed by atoms with van der Waals surface area (Å²) in [5.41, 5.74) is 8.23. The smallest absolute Gasteiger partial charge is 0.161 e. The van der Waals surface area contributed by atoms with Gasteiger partial charge in [0.15, 0.2) is 11.5 Å². The Morgan fingerprint density at radius 2 is 1.75 bits per heavy atom. The van der Waals surface area contributed by atoms with Crippen molar-refractivity contribution in [3.05, 3.63) is 23.3 Å². The Kier molecular flexibility index (Phi) is 2.80. The molecule has 16 heavy (non-hydrogen) atoms. The van der Waals surface area contributed by atoms with E-state index in [-0.39, 0.29) is 5.41 Å². The van der Waals surface area contributed by atoms with Gasteiger partial charge in [0.05, 0.1) is 0 Å². The van der Waals surface area contributed by atoms with Crippen molar-refractivity contribution in [3.63, 3.8) is 0 Å². The summed E-state index contributed by atoms with van der Waals surface area (Å²) in [5.74, 6) is 1.69. The number of aryl methyl sites for hydroxylation is 1. The first kappa shape index (κ1) is 11.3. The molecule has 0 atom stereocenters. The van der Waals surface area contributed by atoms with Crippen molar-refractivity contribution in [2.45, 2.75) is 26.2 Å². The van der Waals surface area contributed by atoms with Gasteiger partial charge >= 0.3 is 0 Å². The van der Waals surface area contributed by atoms with E-state index in [1.807, 2.05) is 6.07 Å². The topological polar surface area (TPSA) is 44.5 Å². The van der Waals surface area contributed by atoms with E-state index in [1.54, 1.807) is 0 Å². The lowest BCUT2D eigenvalue weighted by Crippen LogP contribution is -2.29. The van der Waals surface area contributed by atoms with Crippen molar-refractivity contribution in [2.24, 2.45) is 5.73 Å². The largest absolute Gasteiger partial charge is 0.486 e. The summed E-state index contributed by atoms with van der Waals surface area (Å²) in [7, 11) is 0. The first-order chi connectivity index (χ1) is 7.54. The molecular weight excluding hydrogens is 202 g/mol. The molecule has 2 N–H and O–H groups in total. The zero-order valence-electron chi connectivity index (χ0n) is 10.2. The van der Waals surface area contributed by atoms with Gasteiger partial charge < -0.3 is 15.2 Å². The standard InChI is InChI=1S/C13H19NO2/c1-9-6-11-12(16-5-4-15-11)7-10(9)13(2,3)8-14/h6-7H,4-5,8,14H2,1-3H3. The molecule has 0 saturated heterocycles. The minimum Gasteiger partial charge on any atom is -0.486 e. The molecular formula is C13H19NO2. The van der Waals surface area contributed by atoms with Crippen LogP contribution >= 0.6 is 0 Å². The highest BCUT2D eigenvalue weighted by Gasteiger charge is 2.24. The molecule has 0 fully saturated rings. The number of fused-ring (bicyclic) bond motifs is 1. The zero-order valence-corrected chi connectivity index (χ0v) is 10.2. The van der Waals surface area contributed by atoms with Crippen LogP contribution in [-0.4, -0.2) is 19.8 Å². The van der Waals surface area contributed by atoms with E-state index in [1.165, 1.54) is 11.1 Å². The minimum absolute atomic E-state index is 0.0279. The summed E-state index contributed by atoms with van der Waals surface area (Å²) < 4.78 is 11.1. The summed E-state index contributed by atoms with van der Waals surface area (Å²) >= 11 is 0. The van der Waals surface area contributed by atoms with Crippen molar-refractivity contribution in [1.29, 1.82) is 0 Å². The summed E-state index contributed by atoms with van der Waals surface area (Å²) in [4.78, 5) is 0. The van der Waals surface area contributed by atoms with E-state index in [9.17, 15) is 0 Å². The Balaban J connectivity index is 2.47. The quantitative estimate of drug-likeness (QED) is 0.830. The molecule has 0 amide bonds. The number of hydrogen-bond acceptors (Lipinski definition) is 3. The van der Waals surface area contributed by atoms with Crippen LogP contribution in [-0.2, 0) is 5.41 Å². The maximum atomic E-state index is 5.81. The fraction of sp³-hybridized carbons (Fsp3) is 0.538. The third kappa shape index (κ3) is 1.87. The highest BCUT2D eigenvalue weighted by Crippen LogP contribution is 2.37. The Hall–Kier alpha value is -1.22. The maximum absolute atomic E-state index is 5.81. The molecule has 0 unspecified atom stereocenters. The van der Waals surface area contributed by atoms with E-state index in [4.69, 9.17) is 15.2 Å². The van der Waals surface area contributed by atoms with Crippen molar-refractivity contribution >= 4 is 0 Å². The molecule has 1 aromatic rings. The molecule has 0 spiro atoms. The lowest BCUT2D eigenvalue weighted by Gasteiger charge is -2.28. The van der Waals surface area contributed by atoms with Gasteiger partial charge in [-0.25, -0.2) is 0 Å². The summed E-state index contributed by atoms with van der Waals surface area (Å²) in [6.07, 6.45) is 0. The highest BCUT2D eigenvalue weighted by atomic mass is 16.6. The number of benzene rings is 1. The van der Waals surface area contributed by atoms with Gasteiger partial charge in [0.2, 0.25) is 0 Å². The van der Waals surface area contributed by atoms with E-state index < -0.39 is 0 Å². The third-order valence-electron chi connectivity index (χ3n) is 3.13. The second kappa shape index (κ2) is 3.98. The second-order valence-electron chi connectivity index (χ2n) is 4.90. The van der Waals surface area contributed by atoms with Gasteiger partial charge in [0.25, 0.3) is 0 Å². The van der Waals surface area contributed by atoms with E-state index in [2.05, 4.69) is 26.8 Å². The highest BCUT2D eigenvalue weighted by molar-refractivity contribution is 5.50. The maximum Gasteiger partial charge on any atom is 0.161 e. The van der Waals surface area contributed by atoms with Crippen molar-refractivity contribution in [3.8, 4) is 11.5 Å².